The first kappa shape index (κ1) is 16.8. The maximum absolute atomic E-state index is 3.78. The van der Waals surface area contributed by atoms with Crippen molar-refractivity contribution in [1.82, 2.24) is 5.32 Å². The third kappa shape index (κ3) is 3.62. The molecular weight excluding hydrogens is 324 g/mol. The van der Waals surface area contributed by atoms with Crippen LogP contribution in [0.1, 0.15) is 44.7 Å². The lowest BCUT2D eigenvalue weighted by Gasteiger charge is -2.45. The lowest BCUT2D eigenvalue weighted by molar-refractivity contribution is 0.271. The highest BCUT2D eigenvalue weighted by molar-refractivity contribution is 9.10. The quantitative estimate of drug-likeness (QED) is 0.846. The van der Waals surface area contributed by atoms with Gasteiger partial charge in [-0.05, 0) is 79.2 Å². The van der Waals surface area contributed by atoms with Crippen LogP contribution in [0.5, 0.6) is 0 Å². The van der Waals surface area contributed by atoms with Gasteiger partial charge in [0.1, 0.15) is 0 Å². The second kappa shape index (κ2) is 7.15. The van der Waals surface area contributed by atoms with Crippen LogP contribution in [-0.2, 0) is 0 Å². The van der Waals surface area contributed by atoms with E-state index in [2.05, 4.69) is 72.9 Å². The molecule has 1 heterocycles. The van der Waals surface area contributed by atoms with E-state index in [1.165, 1.54) is 34.1 Å². The highest BCUT2D eigenvalue weighted by Crippen LogP contribution is 2.36. The average molecular weight is 353 g/mol. The van der Waals surface area contributed by atoms with Crippen molar-refractivity contribution in [2.75, 3.05) is 18.0 Å². The van der Waals surface area contributed by atoms with E-state index in [0.29, 0.717) is 18.0 Å². The van der Waals surface area contributed by atoms with Gasteiger partial charge in [0.25, 0.3) is 0 Å². The fourth-order valence-corrected chi connectivity index (χ4v) is 4.47. The summed E-state index contributed by atoms with van der Waals surface area (Å²) in [4.78, 5) is 2.59. The lowest BCUT2D eigenvalue weighted by atomic mass is 9.86. The molecule has 1 aromatic rings. The Morgan fingerprint density at radius 3 is 2.62 bits per heavy atom. The summed E-state index contributed by atoms with van der Waals surface area (Å²) in [5.41, 5.74) is 4.08. The number of hydrogen-bond acceptors (Lipinski definition) is 2. The molecule has 0 aromatic heterocycles. The molecule has 0 aliphatic carbocycles. The van der Waals surface area contributed by atoms with Crippen LogP contribution in [0.3, 0.4) is 0 Å². The zero-order valence-corrected chi connectivity index (χ0v) is 15.6. The van der Waals surface area contributed by atoms with Gasteiger partial charge in [0, 0.05) is 23.1 Å². The van der Waals surface area contributed by atoms with Crippen LogP contribution in [0.2, 0.25) is 0 Å². The Morgan fingerprint density at radius 2 is 2.00 bits per heavy atom. The Labute approximate surface area is 138 Å². The van der Waals surface area contributed by atoms with E-state index in [0.717, 1.165) is 13.1 Å². The van der Waals surface area contributed by atoms with Gasteiger partial charge in [-0.3, -0.25) is 0 Å². The predicted octanol–water partition coefficient (Wildman–Crippen LogP) is 4.67. The van der Waals surface area contributed by atoms with Crippen LogP contribution in [0, 0.1) is 19.8 Å². The SMILES string of the molecule is CCCNC1CCN(c2c(C)cc(C)cc2Br)C(C)C1C. The molecule has 0 saturated carbocycles. The van der Waals surface area contributed by atoms with Crippen molar-refractivity contribution in [1.29, 1.82) is 0 Å². The van der Waals surface area contributed by atoms with Crippen molar-refractivity contribution < 1.29 is 0 Å². The summed E-state index contributed by atoms with van der Waals surface area (Å²) >= 11 is 3.78. The minimum atomic E-state index is 0.561. The molecule has 1 aliphatic heterocycles. The molecule has 1 fully saturated rings. The van der Waals surface area contributed by atoms with Gasteiger partial charge < -0.3 is 10.2 Å². The number of rotatable bonds is 4. The van der Waals surface area contributed by atoms with Crippen molar-refractivity contribution in [3.05, 3.63) is 27.7 Å². The smallest absolute Gasteiger partial charge is 0.0543 e. The predicted molar refractivity (Wildman–Crippen MR) is 96.3 cm³/mol. The molecule has 1 aromatic carbocycles. The Morgan fingerprint density at radius 1 is 1.29 bits per heavy atom. The number of piperidine rings is 1. The molecule has 0 spiro atoms. The van der Waals surface area contributed by atoms with E-state index in [9.17, 15) is 0 Å². The van der Waals surface area contributed by atoms with Gasteiger partial charge >= 0.3 is 0 Å². The van der Waals surface area contributed by atoms with Crippen LogP contribution >= 0.6 is 15.9 Å². The number of anilines is 1. The summed E-state index contributed by atoms with van der Waals surface area (Å²) in [7, 11) is 0. The first-order valence-electron chi connectivity index (χ1n) is 8.22. The summed E-state index contributed by atoms with van der Waals surface area (Å²) in [5, 5.41) is 3.72. The molecule has 3 unspecified atom stereocenters. The van der Waals surface area contributed by atoms with Crippen LogP contribution in [0.25, 0.3) is 0 Å². The summed E-state index contributed by atoms with van der Waals surface area (Å²) in [6.07, 6.45) is 2.44. The summed E-state index contributed by atoms with van der Waals surface area (Å²) in [6.45, 7) is 13.7. The van der Waals surface area contributed by atoms with Crippen LogP contribution in [0.4, 0.5) is 5.69 Å². The Hall–Kier alpha value is -0.540. The molecule has 3 heteroatoms. The minimum Gasteiger partial charge on any atom is -0.367 e. The van der Waals surface area contributed by atoms with E-state index >= 15 is 0 Å². The topological polar surface area (TPSA) is 15.3 Å². The molecule has 21 heavy (non-hydrogen) atoms. The van der Waals surface area contributed by atoms with Gasteiger partial charge in [-0.2, -0.15) is 0 Å². The molecule has 1 N–H and O–H groups in total. The van der Waals surface area contributed by atoms with Gasteiger partial charge in [-0.1, -0.05) is 19.9 Å². The number of nitrogens with one attached hydrogen (secondary N) is 1. The van der Waals surface area contributed by atoms with E-state index in [-0.39, 0.29) is 0 Å². The Balaban J connectivity index is 2.20. The van der Waals surface area contributed by atoms with E-state index < -0.39 is 0 Å². The van der Waals surface area contributed by atoms with E-state index in [4.69, 9.17) is 0 Å². The summed E-state index contributed by atoms with van der Waals surface area (Å²) in [5.74, 6) is 0.665. The fourth-order valence-electron chi connectivity index (χ4n) is 3.57. The van der Waals surface area contributed by atoms with E-state index in [1.54, 1.807) is 0 Å². The highest BCUT2D eigenvalue weighted by Gasteiger charge is 2.33. The number of hydrogen-bond donors (Lipinski definition) is 1. The third-order valence-electron chi connectivity index (χ3n) is 4.91. The molecule has 118 valence electrons. The molecule has 1 saturated heterocycles. The van der Waals surface area contributed by atoms with Gasteiger partial charge in [0.05, 0.1) is 5.69 Å². The van der Waals surface area contributed by atoms with E-state index in [1.807, 2.05) is 0 Å². The number of nitrogens with zero attached hydrogens (tertiary/aromatic N) is 1. The molecule has 2 nitrogen and oxygen atoms in total. The molecule has 0 radical (unpaired) electrons. The van der Waals surface area contributed by atoms with Gasteiger partial charge in [-0.25, -0.2) is 0 Å². The largest absolute Gasteiger partial charge is 0.367 e. The first-order chi connectivity index (χ1) is 9.95. The number of aryl methyl sites for hydroxylation is 2. The average Bonchev–Trinajstić information content (AvgIpc) is 2.41. The van der Waals surface area contributed by atoms with Crippen molar-refractivity contribution in [2.45, 2.75) is 59.5 Å². The monoisotopic (exact) mass is 352 g/mol. The number of benzene rings is 1. The Kier molecular flexibility index (Phi) is 5.73. The molecule has 2 rings (SSSR count). The van der Waals surface area contributed by atoms with Crippen molar-refractivity contribution >= 4 is 21.6 Å². The lowest BCUT2D eigenvalue weighted by Crippen LogP contribution is -2.54. The first-order valence-corrected chi connectivity index (χ1v) is 9.01. The zero-order chi connectivity index (χ0) is 15.6. The zero-order valence-electron chi connectivity index (χ0n) is 14.0. The molecule has 3 atom stereocenters. The normalized spacial score (nSPS) is 26.2. The number of halogens is 1. The molecule has 1 aliphatic rings. The molecule has 0 amide bonds. The second-order valence-corrected chi connectivity index (χ2v) is 7.41. The van der Waals surface area contributed by atoms with Crippen LogP contribution in [0.15, 0.2) is 16.6 Å². The van der Waals surface area contributed by atoms with Gasteiger partial charge in [0.15, 0.2) is 0 Å². The summed E-state index contributed by atoms with van der Waals surface area (Å²) < 4.78 is 1.24. The molecular formula is C18H29BrN2. The minimum absolute atomic E-state index is 0.561. The highest BCUT2D eigenvalue weighted by atomic mass is 79.9. The maximum atomic E-state index is 3.78. The maximum Gasteiger partial charge on any atom is 0.0543 e. The third-order valence-corrected chi connectivity index (χ3v) is 5.51. The summed E-state index contributed by atoms with van der Waals surface area (Å²) in [6, 6.07) is 5.74. The second-order valence-electron chi connectivity index (χ2n) is 6.55. The van der Waals surface area contributed by atoms with Crippen LogP contribution in [-0.4, -0.2) is 25.2 Å². The van der Waals surface area contributed by atoms with Crippen molar-refractivity contribution in [3.63, 3.8) is 0 Å². The molecule has 0 bridgehead atoms. The van der Waals surface area contributed by atoms with Crippen molar-refractivity contribution in [3.8, 4) is 0 Å². The fraction of sp³-hybridized carbons (Fsp3) is 0.667. The van der Waals surface area contributed by atoms with Crippen molar-refractivity contribution in [2.24, 2.45) is 5.92 Å². The Bertz CT molecular complexity index is 463. The van der Waals surface area contributed by atoms with Gasteiger partial charge in [-0.15, -0.1) is 0 Å². The van der Waals surface area contributed by atoms with Crippen LogP contribution < -0.4 is 10.2 Å². The van der Waals surface area contributed by atoms with Gasteiger partial charge in [0.2, 0.25) is 0 Å². The standard InChI is InChI=1S/C18H29BrN2/c1-6-8-20-17-7-9-21(15(5)14(17)4)18-13(3)10-12(2)11-16(18)19/h10-11,14-15,17,20H,6-9H2,1-5H3.